The van der Waals surface area contributed by atoms with Gasteiger partial charge in [0.1, 0.15) is 0 Å². The molecule has 0 radical (unpaired) electrons. The predicted molar refractivity (Wildman–Crippen MR) is 74.1 cm³/mol. The van der Waals surface area contributed by atoms with Gasteiger partial charge in [0.05, 0.1) is 16.5 Å². The first-order valence-corrected chi connectivity index (χ1v) is 6.26. The molecule has 20 heavy (non-hydrogen) atoms. The summed E-state index contributed by atoms with van der Waals surface area (Å²) in [5.41, 5.74) is 5.69. The maximum absolute atomic E-state index is 12.3. The number of nitrogens with zero attached hydrogens (tertiary/aromatic N) is 1. The maximum atomic E-state index is 12.3. The summed E-state index contributed by atoms with van der Waals surface area (Å²) in [6.45, 7) is 3.37. The Hall–Kier alpha value is -2.37. The van der Waals surface area contributed by atoms with Gasteiger partial charge in [-0.2, -0.15) is 0 Å². The van der Waals surface area contributed by atoms with Crippen LogP contribution < -0.4 is 11.1 Å². The van der Waals surface area contributed by atoms with Crippen LogP contribution in [-0.4, -0.2) is 36.2 Å². The van der Waals surface area contributed by atoms with E-state index in [0.29, 0.717) is 5.56 Å². The molecule has 0 aliphatic carbocycles. The van der Waals surface area contributed by atoms with Crippen LogP contribution in [0.1, 0.15) is 34.6 Å². The van der Waals surface area contributed by atoms with Gasteiger partial charge in [-0.15, -0.1) is 0 Å². The quantitative estimate of drug-likeness (QED) is 0.625. The van der Waals surface area contributed by atoms with Gasteiger partial charge in [-0.25, -0.2) is 0 Å². The van der Waals surface area contributed by atoms with Gasteiger partial charge in [-0.05, 0) is 26.0 Å². The summed E-state index contributed by atoms with van der Waals surface area (Å²) >= 11 is 0. The topological polar surface area (TPSA) is 92.5 Å². The van der Waals surface area contributed by atoms with E-state index in [1.165, 1.54) is 7.05 Å². The fourth-order valence-corrected chi connectivity index (χ4v) is 2.31. The van der Waals surface area contributed by atoms with E-state index in [1.54, 1.807) is 32.0 Å². The third kappa shape index (κ3) is 2.03. The number of anilines is 1. The minimum atomic E-state index is -0.864. The standard InChI is InChI=1S/C14H17N3O3/c1-14(2,13(20)16-3)7-17-11(18)8-5-4-6-9(15)10(8)12(17)19/h4-6H,7,15H2,1-3H3,(H,16,20). The number of nitrogens with one attached hydrogen (secondary N) is 1. The number of nitrogens with two attached hydrogens (primary N) is 1. The molecule has 0 saturated heterocycles. The summed E-state index contributed by atoms with van der Waals surface area (Å²) in [6, 6.07) is 4.78. The number of imide groups is 1. The van der Waals surface area contributed by atoms with E-state index in [-0.39, 0.29) is 23.7 Å². The van der Waals surface area contributed by atoms with Crippen LogP contribution in [0.3, 0.4) is 0 Å². The van der Waals surface area contributed by atoms with Crippen molar-refractivity contribution in [1.82, 2.24) is 10.2 Å². The zero-order valence-corrected chi connectivity index (χ0v) is 11.7. The Morgan fingerprint density at radius 1 is 1.30 bits per heavy atom. The van der Waals surface area contributed by atoms with Crippen molar-refractivity contribution in [2.75, 3.05) is 19.3 Å². The van der Waals surface area contributed by atoms with Crippen molar-refractivity contribution in [3.8, 4) is 0 Å². The highest BCUT2D eigenvalue weighted by Crippen LogP contribution is 2.30. The Balaban J connectivity index is 2.34. The van der Waals surface area contributed by atoms with Crippen LogP contribution in [0.25, 0.3) is 0 Å². The number of hydrogen-bond donors (Lipinski definition) is 2. The van der Waals surface area contributed by atoms with Crippen molar-refractivity contribution in [3.05, 3.63) is 29.3 Å². The molecule has 3 N–H and O–H groups in total. The maximum Gasteiger partial charge on any atom is 0.263 e. The minimum Gasteiger partial charge on any atom is -0.398 e. The van der Waals surface area contributed by atoms with Crippen LogP contribution in [0.15, 0.2) is 18.2 Å². The molecule has 0 spiro atoms. The molecule has 6 nitrogen and oxygen atoms in total. The lowest BCUT2D eigenvalue weighted by molar-refractivity contribution is -0.129. The van der Waals surface area contributed by atoms with Gasteiger partial charge < -0.3 is 11.1 Å². The van der Waals surface area contributed by atoms with Gasteiger partial charge >= 0.3 is 0 Å². The van der Waals surface area contributed by atoms with E-state index in [1.807, 2.05) is 0 Å². The first-order valence-electron chi connectivity index (χ1n) is 6.26. The molecule has 1 aromatic rings. The second kappa shape index (κ2) is 4.63. The number of carbonyl (C=O) groups is 3. The fourth-order valence-electron chi connectivity index (χ4n) is 2.31. The van der Waals surface area contributed by atoms with Crippen molar-refractivity contribution in [1.29, 1.82) is 0 Å². The third-order valence-corrected chi connectivity index (χ3v) is 3.43. The highest BCUT2D eigenvalue weighted by Gasteiger charge is 2.41. The molecule has 0 saturated carbocycles. The van der Waals surface area contributed by atoms with Crippen LogP contribution in [0.5, 0.6) is 0 Å². The van der Waals surface area contributed by atoms with E-state index >= 15 is 0 Å². The summed E-state index contributed by atoms with van der Waals surface area (Å²) in [5, 5.41) is 2.53. The smallest absolute Gasteiger partial charge is 0.263 e. The summed E-state index contributed by atoms with van der Waals surface area (Å²) in [4.78, 5) is 37.4. The average Bonchev–Trinajstić information content (AvgIpc) is 2.64. The lowest BCUT2D eigenvalue weighted by atomic mass is 9.91. The first-order chi connectivity index (χ1) is 9.29. The molecule has 6 heteroatoms. The van der Waals surface area contributed by atoms with E-state index in [9.17, 15) is 14.4 Å². The summed E-state index contributed by atoms with van der Waals surface area (Å²) in [5.74, 6) is -1.09. The molecule has 1 aromatic carbocycles. The van der Waals surface area contributed by atoms with Gasteiger partial charge in [0, 0.05) is 19.3 Å². The van der Waals surface area contributed by atoms with Crippen LogP contribution in [0, 0.1) is 5.41 Å². The number of nitrogen functional groups attached to an aromatic ring is 1. The van der Waals surface area contributed by atoms with Crippen molar-refractivity contribution < 1.29 is 14.4 Å². The highest BCUT2D eigenvalue weighted by atomic mass is 16.2. The SMILES string of the molecule is CNC(=O)C(C)(C)CN1C(=O)c2cccc(N)c2C1=O. The lowest BCUT2D eigenvalue weighted by Crippen LogP contribution is -2.45. The van der Waals surface area contributed by atoms with Crippen LogP contribution in [0.4, 0.5) is 5.69 Å². The van der Waals surface area contributed by atoms with Crippen molar-refractivity contribution >= 4 is 23.4 Å². The van der Waals surface area contributed by atoms with Gasteiger partial charge in [0.25, 0.3) is 11.8 Å². The van der Waals surface area contributed by atoms with Gasteiger partial charge in [-0.3, -0.25) is 19.3 Å². The fraction of sp³-hybridized carbons (Fsp3) is 0.357. The second-order valence-corrected chi connectivity index (χ2v) is 5.43. The van der Waals surface area contributed by atoms with E-state index in [2.05, 4.69) is 5.32 Å². The zero-order chi connectivity index (χ0) is 15.1. The molecule has 3 amide bonds. The summed E-state index contributed by atoms with van der Waals surface area (Å²) in [6.07, 6.45) is 0. The molecule has 0 bridgehead atoms. The molecule has 0 fully saturated rings. The van der Waals surface area contributed by atoms with Crippen LogP contribution in [-0.2, 0) is 4.79 Å². The second-order valence-electron chi connectivity index (χ2n) is 5.43. The monoisotopic (exact) mass is 275 g/mol. The largest absolute Gasteiger partial charge is 0.398 e. The Morgan fingerprint density at radius 3 is 2.50 bits per heavy atom. The number of amides is 3. The predicted octanol–water partition coefficient (Wildman–Crippen LogP) is 0.637. The van der Waals surface area contributed by atoms with E-state index in [0.717, 1.165) is 4.90 Å². The Morgan fingerprint density at radius 2 is 1.95 bits per heavy atom. The number of fused-ring (bicyclic) bond motifs is 1. The molecular weight excluding hydrogens is 258 g/mol. The van der Waals surface area contributed by atoms with Crippen LogP contribution >= 0.6 is 0 Å². The van der Waals surface area contributed by atoms with Gasteiger partial charge in [-0.1, -0.05) is 6.07 Å². The highest BCUT2D eigenvalue weighted by molar-refractivity contribution is 6.23. The average molecular weight is 275 g/mol. The Kier molecular flexibility index (Phi) is 3.25. The zero-order valence-electron chi connectivity index (χ0n) is 11.7. The number of hydrogen-bond acceptors (Lipinski definition) is 4. The molecule has 2 rings (SSSR count). The molecule has 106 valence electrons. The first kappa shape index (κ1) is 14.0. The molecule has 0 unspecified atom stereocenters. The molecule has 1 aliphatic heterocycles. The lowest BCUT2D eigenvalue weighted by Gasteiger charge is -2.27. The van der Waals surface area contributed by atoms with Gasteiger partial charge in [0.15, 0.2) is 0 Å². The Labute approximate surface area is 116 Å². The van der Waals surface area contributed by atoms with E-state index < -0.39 is 17.2 Å². The van der Waals surface area contributed by atoms with Crippen molar-refractivity contribution in [2.24, 2.45) is 5.41 Å². The normalized spacial score (nSPS) is 14.4. The molecule has 1 aliphatic rings. The minimum absolute atomic E-state index is 0.0124. The molecular formula is C14H17N3O3. The van der Waals surface area contributed by atoms with Crippen LogP contribution in [0.2, 0.25) is 0 Å². The van der Waals surface area contributed by atoms with Crippen molar-refractivity contribution in [2.45, 2.75) is 13.8 Å². The summed E-state index contributed by atoms with van der Waals surface area (Å²) < 4.78 is 0. The molecule has 0 aromatic heterocycles. The number of carbonyl (C=O) groups excluding carboxylic acids is 3. The van der Waals surface area contributed by atoms with E-state index in [4.69, 9.17) is 5.73 Å². The Bertz CT molecular complexity index is 608. The van der Waals surface area contributed by atoms with Gasteiger partial charge in [0.2, 0.25) is 5.91 Å². The van der Waals surface area contributed by atoms with Crippen molar-refractivity contribution in [3.63, 3.8) is 0 Å². The number of benzene rings is 1. The third-order valence-electron chi connectivity index (χ3n) is 3.43. The summed E-state index contributed by atoms with van der Waals surface area (Å²) in [7, 11) is 1.52. The molecule has 1 heterocycles. The molecule has 0 atom stereocenters. The number of rotatable bonds is 3.